The van der Waals surface area contributed by atoms with Crippen LogP contribution >= 0.6 is 0 Å². The van der Waals surface area contributed by atoms with Crippen LogP contribution in [0.2, 0.25) is 0 Å². The highest BCUT2D eigenvalue weighted by molar-refractivity contribution is 5.75. The molecule has 90 valence electrons. The van der Waals surface area contributed by atoms with Crippen LogP contribution in [0.4, 0.5) is 5.95 Å². The minimum Gasteiger partial charge on any atom is -0.454 e. The number of nitrogens with two attached hydrogens (primary N) is 1. The number of rotatable bonds is 2. The molecule has 0 unspecified atom stereocenters. The van der Waals surface area contributed by atoms with Gasteiger partial charge in [-0.2, -0.15) is 0 Å². The average molecular weight is 241 g/mol. The second-order valence-corrected chi connectivity index (χ2v) is 3.83. The summed E-state index contributed by atoms with van der Waals surface area (Å²) in [5.41, 5.74) is 7.15. The van der Waals surface area contributed by atoms with Crippen LogP contribution in [0.3, 0.4) is 0 Å². The Kier molecular flexibility index (Phi) is 2.33. The summed E-state index contributed by atoms with van der Waals surface area (Å²) in [6.45, 7) is 0. The number of ether oxygens (including phenoxy) is 1. The molecule has 0 aliphatic rings. The van der Waals surface area contributed by atoms with E-state index in [1.54, 1.807) is 35.3 Å². The Labute approximate surface area is 103 Å². The molecule has 0 atom stereocenters. The Hall–Kier alpha value is -2.63. The van der Waals surface area contributed by atoms with Gasteiger partial charge in [-0.3, -0.25) is 9.55 Å². The average Bonchev–Trinajstić information content (AvgIpc) is 2.66. The van der Waals surface area contributed by atoms with Gasteiger partial charge >= 0.3 is 0 Å². The fourth-order valence-electron chi connectivity index (χ4n) is 1.67. The molecule has 2 N–H and O–H groups in total. The van der Waals surface area contributed by atoms with Gasteiger partial charge in [0.15, 0.2) is 5.65 Å². The first-order chi connectivity index (χ1) is 8.74. The third kappa shape index (κ3) is 1.73. The van der Waals surface area contributed by atoms with Crippen molar-refractivity contribution in [1.82, 2.24) is 19.5 Å². The second kappa shape index (κ2) is 3.99. The first-order valence-corrected chi connectivity index (χ1v) is 5.40. The van der Waals surface area contributed by atoms with Gasteiger partial charge in [0, 0.05) is 19.3 Å². The number of fused-ring (bicyclic) bond motifs is 1. The summed E-state index contributed by atoms with van der Waals surface area (Å²) in [4.78, 5) is 12.4. The molecular formula is C12H11N5O. The smallest absolute Gasteiger partial charge is 0.202 e. The van der Waals surface area contributed by atoms with Crippen LogP contribution in [-0.4, -0.2) is 19.5 Å². The van der Waals surface area contributed by atoms with E-state index in [-0.39, 0.29) is 0 Å². The lowest BCUT2D eigenvalue weighted by Gasteiger charge is -2.03. The molecule has 0 aromatic carbocycles. The van der Waals surface area contributed by atoms with E-state index < -0.39 is 0 Å². The maximum absolute atomic E-state index is 5.72. The van der Waals surface area contributed by atoms with E-state index in [9.17, 15) is 0 Å². The predicted molar refractivity (Wildman–Crippen MR) is 67.2 cm³/mol. The molecule has 0 saturated heterocycles. The maximum Gasteiger partial charge on any atom is 0.202 e. The highest BCUT2D eigenvalue weighted by atomic mass is 16.5. The summed E-state index contributed by atoms with van der Waals surface area (Å²) in [7, 11) is 1.82. The van der Waals surface area contributed by atoms with E-state index in [1.165, 1.54) is 0 Å². The van der Waals surface area contributed by atoms with Crippen molar-refractivity contribution in [1.29, 1.82) is 0 Å². The highest BCUT2D eigenvalue weighted by Crippen LogP contribution is 2.23. The van der Waals surface area contributed by atoms with Gasteiger partial charge in [-0.05, 0) is 12.1 Å². The third-order valence-corrected chi connectivity index (χ3v) is 2.59. The normalized spacial score (nSPS) is 10.7. The number of pyridine rings is 2. The van der Waals surface area contributed by atoms with E-state index in [0.29, 0.717) is 23.0 Å². The number of aromatic nitrogens is 4. The molecule has 0 amide bonds. The van der Waals surface area contributed by atoms with Crippen molar-refractivity contribution in [3.63, 3.8) is 0 Å². The predicted octanol–water partition coefficient (Wildman–Crippen LogP) is 1.74. The number of imidazole rings is 1. The molecule has 3 rings (SSSR count). The van der Waals surface area contributed by atoms with Gasteiger partial charge in [0.05, 0.1) is 12.4 Å². The summed E-state index contributed by atoms with van der Waals surface area (Å²) in [6, 6.07) is 5.43. The molecule has 0 fully saturated rings. The number of hydrogen-bond acceptors (Lipinski definition) is 5. The quantitative estimate of drug-likeness (QED) is 0.739. The van der Waals surface area contributed by atoms with E-state index in [2.05, 4.69) is 15.0 Å². The lowest BCUT2D eigenvalue weighted by molar-refractivity contribution is 0.479. The van der Waals surface area contributed by atoms with Gasteiger partial charge in [-0.15, -0.1) is 0 Å². The van der Waals surface area contributed by atoms with Crippen LogP contribution in [0.15, 0.2) is 36.8 Å². The number of aryl methyl sites for hydroxylation is 1. The first kappa shape index (κ1) is 10.5. The molecular weight excluding hydrogens is 230 g/mol. The van der Waals surface area contributed by atoms with Gasteiger partial charge < -0.3 is 10.5 Å². The van der Waals surface area contributed by atoms with Crippen molar-refractivity contribution >= 4 is 17.1 Å². The number of hydrogen-bond donors (Lipinski definition) is 1. The molecule has 3 heterocycles. The van der Waals surface area contributed by atoms with Crippen LogP contribution in [0, 0.1) is 0 Å². The summed E-state index contributed by atoms with van der Waals surface area (Å²) in [6.07, 6.45) is 4.96. The molecule has 6 nitrogen and oxygen atoms in total. The van der Waals surface area contributed by atoms with Crippen molar-refractivity contribution in [2.45, 2.75) is 0 Å². The molecule has 0 aliphatic heterocycles. The zero-order chi connectivity index (χ0) is 12.5. The fraction of sp³-hybridized carbons (Fsp3) is 0.0833. The number of nitrogen functional groups attached to an aromatic ring is 1. The van der Waals surface area contributed by atoms with Gasteiger partial charge in [0.2, 0.25) is 5.95 Å². The zero-order valence-corrected chi connectivity index (χ0v) is 9.74. The van der Waals surface area contributed by atoms with Gasteiger partial charge in [-0.1, -0.05) is 0 Å². The van der Waals surface area contributed by atoms with Crippen LogP contribution < -0.4 is 10.5 Å². The van der Waals surface area contributed by atoms with Gasteiger partial charge in [0.25, 0.3) is 0 Å². The Morgan fingerprint density at radius 1 is 1.28 bits per heavy atom. The summed E-state index contributed by atoms with van der Waals surface area (Å²) in [5, 5.41) is 0. The minimum absolute atomic E-state index is 0.427. The number of anilines is 1. The standard InChI is InChI=1S/C12H11N5O/c1-17-11-10(16-12(17)13)5-9(7-15-11)18-8-3-2-4-14-6-8/h2-7H,1H3,(H2,13,16). The van der Waals surface area contributed by atoms with E-state index in [1.807, 2.05) is 13.1 Å². The summed E-state index contributed by atoms with van der Waals surface area (Å²) in [5.74, 6) is 1.69. The van der Waals surface area contributed by atoms with E-state index >= 15 is 0 Å². The summed E-state index contributed by atoms with van der Waals surface area (Å²) >= 11 is 0. The third-order valence-electron chi connectivity index (χ3n) is 2.59. The molecule has 0 saturated carbocycles. The maximum atomic E-state index is 5.72. The minimum atomic E-state index is 0.427. The molecule has 18 heavy (non-hydrogen) atoms. The largest absolute Gasteiger partial charge is 0.454 e. The topological polar surface area (TPSA) is 78.9 Å². The highest BCUT2D eigenvalue weighted by Gasteiger charge is 2.07. The SMILES string of the molecule is Cn1c(N)nc2cc(Oc3cccnc3)cnc21. The Bertz CT molecular complexity index is 692. The van der Waals surface area contributed by atoms with Crippen LogP contribution in [0.25, 0.3) is 11.2 Å². The number of nitrogens with zero attached hydrogens (tertiary/aromatic N) is 4. The lowest BCUT2D eigenvalue weighted by atomic mass is 10.4. The van der Waals surface area contributed by atoms with E-state index in [0.717, 1.165) is 5.65 Å². The summed E-state index contributed by atoms with van der Waals surface area (Å²) < 4.78 is 7.35. The fourth-order valence-corrected chi connectivity index (χ4v) is 1.67. The van der Waals surface area contributed by atoms with Crippen LogP contribution in [0.5, 0.6) is 11.5 Å². The van der Waals surface area contributed by atoms with E-state index in [4.69, 9.17) is 10.5 Å². The Balaban J connectivity index is 1.99. The molecule has 6 heteroatoms. The second-order valence-electron chi connectivity index (χ2n) is 3.83. The van der Waals surface area contributed by atoms with Crippen molar-refractivity contribution in [3.8, 4) is 11.5 Å². The Morgan fingerprint density at radius 3 is 2.94 bits per heavy atom. The lowest BCUT2D eigenvalue weighted by Crippen LogP contribution is -1.97. The van der Waals surface area contributed by atoms with Crippen LogP contribution in [0.1, 0.15) is 0 Å². The molecule has 0 bridgehead atoms. The van der Waals surface area contributed by atoms with Crippen molar-refractivity contribution < 1.29 is 4.74 Å². The first-order valence-electron chi connectivity index (χ1n) is 5.40. The monoisotopic (exact) mass is 241 g/mol. The van der Waals surface area contributed by atoms with Gasteiger partial charge in [-0.25, -0.2) is 9.97 Å². The molecule has 0 spiro atoms. The van der Waals surface area contributed by atoms with Gasteiger partial charge in [0.1, 0.15) is 17.0 Å². The molecule has 0 aliphatic carbocycles. The molecule has 0 radical (unpaired) electrons. The van der Waals surface area contributed by atoms with Crippen LogP contribution in [-0.2, 0) is 7.05 Å². The van der Waals surface area contributed by atoms with Crippen molar-refractivity contribution in [2.24, 2.45) is 7.05 Å². The van der Waals surface area contributed by atoms with Crippen molar-refractivity contribution in [3.05, 3.63) is 36.8 Å². The molecule has 3 aromatic rings. The zero-order valence-electron chi connectivity index (χ0n) is 9.74. The Morgan fingerprint density at radius 2 is 2.17 bits per heavy atom. The molecule has 3 aromatic heterocycles. The van der Waals surface area contributed by atoms with Crippen molar-refractivity contribution in [2.75, 3.05) is 5.73 Å².